The van der Waals surface area contributed by atoms with Crippen LogP contribution >= 0.6 is 11.8 Å². The maximum atomic E-state index is 13.5. The van der Waals surface area contributed by atoms with Crippen molar-refractivity contribution in [3.8, 4) is 0 Å². The van der Waals surface area contributed by atoms with Crippen LogP contribution in [0.25, 0.3) is 0 Å². The van der Waals surface area contributed by atoms with Crippen LogP contribution in [-0.2, 0) is 4.79 Å². The number of aromatic nitrogens is 2. The van der Waals surface area contributed by atoms with Crippen molar-refractivity contribution in [2.24, 2.45) is 5.92 Å². The van der Waals surface area contributed by atoms with Crippen molar-refractivity contribution in [2.45, 2.75) is 0 Å². The van der Waals surface area contributed by atoms with Crippen molar-refractivity contribution in [1.29, 1.82) is 0 Å². The molecule has 2 fully saturated rings. The Hall–Kier alpha value is -1.37. The summed E-state index contributed by atoms with van der Waals surface area (Å²) in [7, 11) is 0. The summed E-state index contributed by atoms with van der Waals surface area (Å²) < 4.78 is 13.5. The Labute approximate surface area is 115 Å². The van der Waals surface area contributed by atoms with Gasteiger partial charge in [-0.25, -0.2) is 14.4 Å². The highest BCUT2D eigenvalue weighted by molar-refractivity contribution is 7.99. The molecule has 7 heteroatoms. The molecule has 0 saturated carbocycles. The van der Waals surface area contributed by atoms with Crippen LogP contribution in [0.15, 0.2) is 12.5 Å². The van der Waals surface area contributed by atoms with Crippen LogP contribution in [0.5, 0.6) is 0 Å². The zero-order valence-corrected chi connectivity index (χ0v) is 11.3. The number of carbonyl (C=O) groups is 1. The summed E-state index contributed by atoms with van der Waals surface area (Å²) in [4.78, 5) is 23.5. The van der Waals surface area contributed by atoms with Crippen LogP contribution in [0, 0.1) is 11.7 Å². The first kappa shape index (κ1) is 12.7. The minimum absolute atomic E-state index is 0.0162. The van der Waals surface area contributed by atoms with E-state index in [0.29, 0.717) is 18.9 Å². The van der Waals surface area contributed by atoms with Crippen molar-refractivity contribution < 1.29 is 9.18 Å². The van der Waals surface area contributed by atoms with Gasteiger partial charge >= 0.3 is 0 Å². The van der Waals surface area contributed by atoms with Crippen molar-refractivity contribution in [3.63, 3.8) is 0 Å². The molecule has 0 spiro atoms. The number of carbonyl (C=O) groups excluding carboxylic acids is 1. The van der Waals surface area contributed by atoms with E-state index in [2.05, 4.69) is 9.97 Å². The predicted molar refractivity (Wildman–Crippen MR) is 71.6 cm³/mol. The molecule has 1 aromatic heterocycles. The molecular formula is C12H15FN4OS. The first-order valence-corrected chi connectivity index (χ1v) is 7.48. The fourth-order valence-electron chi connectivity index (χ4n) is 2.39. The number of rotatable bonds is 2. The molecule has 0 bridgehead atoms. The number of halogens is 1. The van der Waals surface area contributed by atoms with Gasteiger partial charge in [0, 0.05) is 37.7 Å². The lowest BCUT2D eigenvalue weighted by Crippen LogP contribution is -2.56. The summed E-state index contributed by atoms with van der Waals surface area (Å²) in [6.07, 6.45) is 2.48. The highest BCUT2D eigenvalue weighted by atomic mass is 32.2. The Kier molecular flexibility index (Phi) is 3.54. The first-order chi connectivity index (χ1) is 9.25. The third kappa shape index (κ3) is 2.51. The van der Waals surface area contributed by atoms with Gasteiger partial charge < -0.3 is 9.80 Å². The topological polar surface area (TPSA) is 49.3 Å². The molecule has 0 N–H and O–H groups in total. The van der Waals surface area contributed by atoms with Gasteiger partial charge in [-0.3, -0.25) is 4.79 Å². The van der Waals surface area contributed by atoms with Gasteiger partial charge in [-0.2, -0.15) is 11.8 Å². The lowest BCUT2D eigenvalue weighted by atomic mass is 9.98. The maximum Gasteiger partial charge on any atom is 0.229 e. The van der Waals surface area contributed by atoms with E-state index in [-0.39, 0.29) is 11.8 Å². The smallest absolute Gasteiger partial charge is 0.229 e. The minimum Gasteiger partial charge on any atom is -0.352 e. The van der Waals surface area contributed by atoms with Gasteiger partial charge in [-0.05, 0) is 0 Å². The second kappa shape index (κ2) is 5.32. The molecule has 19 heavy (non-hydrogen) atoms. The van der Waals surface area contributed by atoms with Crippen LogP contribution in [-0.4, -0.2) is 58.5 Å². The van der Waals surface area contributed by atoms with Crippen LogP contribution in [0.4, 0.5) is 10.2 Å². The number of hydrogen-bond donors (Lipinski definition) is 0. The van der Waals surface area contributed by atoms with Crippen LogP contribution in [0.2, 0.25) is 0 Å². The maximum absolute atomic E-state index is 13.5. The molecule has 2 aliphatic heterocycles. The average molecular weight is 282 g/mol. The molecule has 102 valence electrons. The van der Waals surface area contributed by atoms with Gasteiger partial charge in [0.15, 0.2) is 11.6 Å². The number of thioether (sulfide) groups is 1. The van der Waals surface area contributed by atoms with Gasteiger partial charge in [-0.1, -0.05) is 0 Å². The Morgan fingerprint density at radius 1 is 1.37 bits per heavy atom. The van der Waals surface area contributed by atoms with Crippen LogP contribution in [0.3, 0.4) is 0 Å². The number of nitrogens with zero attached hydrogens (tertiary/aromatic N) is 4. The van der Waals surface area contributed by atoms with Gasteiger partial charge in [0.2, 0.25) is 5.91 Å². The highest BCUT2D eigenvalue weighted by Gasteiger charge is 2.37. The normalized spacial score (nSPS) is 20.3. The van der Waals surface area contributed by atoms with Crippen molar-refractivity contribution in [2.75, 3.05) is 42.6 Å². The molecule has 0 unspecified atom stereocenters. The fraction of sp³-hybridized carbons (Fsp3) is 0.583. The standard InChI is InChI=1S/C12H15FN4OS/c13-10-5-14-8-15-11(10)17-6-9(7-17)12(18)16-1-3-19-4-2-16/h5,8-9H,1-4,6-7H2. The van der Waals surface area contributed by atoms with E-state index in [1.807, 2.05) is 16.7 Å². The highest BCUT2D eigenvalue weighted by Crippen LogP contribution is 2.26. The average Bonchev–Trinajstić information content (AvgIpc) is 2.40. The molecule has 3 heterocycles. The Morgan fingerprint density at radius 2 is 2.11 bits per heavy atom. The summed E-state index contributed by atoms with van der Waals surface area (Å²) >= 11 is 1.88. The SMILES string of the molecule is O=C(C1CN(c2ncncc2F)C1)N1CCSCC1. The molecule has 0 radical (unpaired) electrons. The lowest BCUT2D eigenvalue weighted by molar-refractivity contribution is -0.135. The largest absolute Gasteiger partial charge is 0.352 e. The molecule has 5 nitrogen and oxygen atoms in total. The second-order valence-electron chi connectivity index (χ2n) is 4.73. The molecule has 3 rings (SSSR count). The summed E-state index contributed by atoms with van der Waals surface area (Å²) in [6, 6.07) is 0. The van der Waals surface area contributed by atoms with E-state index < -0.39 is 5.82 Å². The fourth-order valence-corrected chi connectivity index (χ4v) is 3.29. The predicted octanol–water partition coefficient (Wildman–Crippen LogP) is 0.627. The van der Waals surface area contributed by atoms with Gasteiger partial charge in [0.05, 0.1) is 12.1 Å². The minimum atomic E-state index is -0.428. The quantitative estimate of drug-likeness (QED) is 0.796. The third-order valence-corrected chi connectivity index (χ3v) is 4.44. The zero-order valence-electron chi connectivity index (χ0n) is 10.5. The second-order valence-corrected chi connectivity index (χ2v) is 5.96. The number of anilines is 1. The summed E-state index contributed by atoms with van der Waals surface area (Å²) in [5.74, 6) is 2.09. The third-order valence-electron chi connectivity index (χ3n) is 3.50. The Balaban J connectivity index is 1.57. The molecule has 0 aromatic carbocycles. The number of amides is 1. The van der Waals surface area contributed by atoms with E-state index >= 15 is 0 Å². The molecule has 1 amide bonds. The van der Waals surface area contributed by atoms with Crippen molar-refractivity contribution in [1.82, 2.24) is 14.9 Å². The molecule has 2 saturated heterocycles. The monoisotopic (exact) mass is 282 g/mol. The van der Waals surface area contributed by atoms with E-state index in [0.717, 1.165) is 30.8 Å². The van der Waals surface area contributed by atoms with Crippen LogP contribution in [0.1, 0.15) is 0 Å². The van der Waals surface area contributed by atoms with Crippen molar-refractivity contribution >= 4 is 23.5 Å². The summed E-state index contributed by atoms with van der Waals surface area (Å²) in [5, 5.41) is 0. The van der Waals surface area contributed by atoms with E-state index in [9.17, 15) is 9.18 Å². The molecular weight excluding hydrogens is 267 g/mol. The zero-order chi connectivity index (χ0) is 13.2. The number of hydrogen-bond acceptors (Lipinski definition) is 5. The summed E-state index contributed by atoms with van der Waals surface area (Å²) in [5.41, 5.74) is 0. The van der Waals surface area contributed by atoms with Gasteiger partial charge in [0.1, 0.15) is 6.33 Å². The first-order valence-electron chi connectivity index (χ1n) is 6.32. The molecule has 2 aliphatic rings. The summed E-state index contributed by atoms with van der Waals surface area (Å²) in [6.45, 7) is 2.77. The molecule has 1 aromatic rings. The van der Waals surface area contributed by atoms with Gasteiger partial charge in [0.25, 0.3) is 0 Å². The van der Waals surface area contributed by atoms with E-state index in [1.165, 1.54) is 6.33 Å². The van der Waals surface area contributed by atoms with Crippen molar-refractivity contribution in [3.05, 3.63) is 18.3 Å². The Bertz CT molecular complexity index is 475. The van der Waals surface area contributed by atoms with E-state index in [4.69, 9.17) is 0 Å². The van der Waals surface area contributed by atoms with Gasteiger partial charge in [-0.15, -0.1) is 0 Å². The molecule has 0 atom stereocenters. The lowest BCUT2D eigenvalue weighted by Gasteiger charge is -2.41. The van der Waals surface area contributed by atoms with E-state index in [1.54, 1.807) is 4.90 Å². The van der Waals surface area contributed by atoms with Crippen LogP contribution < -0.4 is 4.90 Å². The Morgan fingerprint density at radius 3 is 2.79 bits per heavy atom. The molecule has 0 aliphatic carbocycles.